The van der Waals surface area contributed by atoms with Crippen LogP contribution in [-0.4, -0.2) is 22.8 Å². The predicted octanol–water partition coefficient (Wildman–Crippen LogP) is 7.44. The van der Waals surface area contributed by atoms with E-state index >= 15 is 0 Å². The molecule has 1 unspecified atom stereocenters. The Morgan fingerprint density at radius 1 is 1.00 bits per heavy atom. The van der Waals surface area contributed by atoms with E-state index in [4.69, 9.17) is 9.84 Å². The zero-order valence-electron chi connectivity index (χ0n) is 21.5. The van der Waals surface area contributed by atoms with E-state index in [2.05, 4.69) is 65.8 Å². The minimum atomic E-state index is -0.960. The summed E-state index contributed by atoms with van der Waals surface area (Å²) in [6.07, 6.45) is 2.70. The maximum atomic E-state index is 11.1. The summed E-state index contributed by atoms with van der Waals surface area (Å²) in [5.74, 6) is 0.285. The van der Waals surface area contributed by atoms with Gasteiger partial charge in [0, 0.05) is 11.1 Å². The first-order valence-electron chi connectivity index (χ1n) is 12.0. The number of hydrogen-bond donors (Lipinski definition) is 2. The molecule has 35 heavy (non-hydrogen) atoms. The molecule has 0 amide bonds. The van der Waals surface area contributed by atoms with Crippen LogP contribution < -0.4 is 4.74 Å². The molecule has 0 bridgehead atoms. The number of aromatic carboxylic acids is 1. The number of aliphatic hydroxyl groups excluding tert-OH is 1. The number of rotatable bonds is 8. The third kappa shape index (κ3) is 6.83. The van der Waals surface area contributed by atoms with Crippen molar-refractivity contribution in [3.8, 4) is 16.9 Å². The molecular weight excluding hydrogens is 436 g/mol. The zero-order chi connectivity index (χ0) is 25.8. The van der Waals surface area contributed by atoms with Gasteiger partial charge in [-0.3, -0.25) is 0 Å². The Labute approximate surface area is 208 Å². The van der Waals surface area contributed by atoms with E-state index in [-0.39, 0.29) is 11.0 Å². The first-order valence-corrected chi connectivity index (χ1v) is 12.0. The number of aryl methyl sites for hydroxylation is 1. The molecular formula is C31H36O4. The van der Waals surface area contributed by atoms with Crippen LogP contribution in [-0.2, 0) is 5.41 Å². The van der Waals surface area contributed by atoms with Crippen LogP contribution in [0.15, 0.2) is 66.7 Å². The van der Waals surface area contributed by atoms with Crippen LogP contribution in [0.4, 0.5) is 0 Å². The monoisotopic (exact) mass is 472 g/mol. The molecule has 0 fully saturated rings. The molecule has 0 aromatic heterocycles. The summed E-state index contributed by atoms with van der Waals surface area (Å²) in [5.41, 5.74) is 5.87. The van der Waals surface area contributed by atoms with Crippen LogP contribution in [0.1, 0.15) is 73.3 Å². The van der Waals surface area contributed by atoms with Gasteiger partial charge < -0.3 is 14.9 Å². The van der Waals surface area contributed by atoms with Gasteiger partial charge in [-0.1, -0.05) is 88.7 Å². The average molecular weight is 473 g/mol. The number of ether oxygens (including phenoxy) is 1. The van der Waals surface area contributed by atoms with E-state index in [0.29, 0.717) is 12.5 Å². The van der Waals surface area contributed by atoms with E-state index in [0.717, 1.165) is 33.6 Å². The molecule has 0 heterocycles. The van der Waals surface area contributed by atoms with E-state index in [9.17, 15) is 9.90 Å². The van der Waals surface area contributed by atoms with Crippen LogP contribution >= 0.6 is 0 Å². The number of benzene rings is 3. The van der Waals surface area contributed by atoms with E-state index < -0.39 is 12.1 Å². The van der Waals surface area contributed by atoms with Gasteiger partial charge in [0.05, 0.1) is 18.3 Å². The number of hydrogen-bond acceptors (Lipinski definition) is 3. The molecule has 4 heteroatoms. The maximum absolute atomic E-state index is 11.1. The molecule has 3 aromatic carbocycles. The van der Waals surface area contributed by atoms with Crippen molar-refractivity contribution in [2.75, 3.05) is 6.61 Å². The SMILES string of the molecule is Cc1ccc(-c2cc(C(O)C=Cc3ccc(C(=O)O)cc3)cc(C(C)(C)C)c2OCC(C)C)cc1. The highest BCUT2D eigenvalue weighted by Gasteiger charge is 2.25. The van der Waals surface area contributed by atoms with Gasteiger partial charge in [0.25, 0.3) is 0 Å². The summed E-state index contributed by atoms with van der Waals surface area (Å²) in [7, 11) is 0. The minimum Gasteiger partial charge on any atom is -0.492 e. The number of aliphatic hydroxyl groups is 1. The quantitative estimate of drug-likeness (QED) is 0.357. The number of carboxylic acid groups (broad SMARTS) is 1. The topological polar surface area (TPSA) is 66.8 Å². The molecule has 184 valence electrons. The van der Waals surface area contributed by atoms with Crippen molar-refractivity contribution in [1.29, 1.82) is 0 Å². The van der Waals surface area contributed by atoms with E-state index in [1.54, 1.807) is 30.3 Å². The van der Waals surface area contributed by atoms with E-state index in [1.165, 1.54) is 5.56 Å². The number of carboxylic acids is 1. The first-order chi connectivity index (χ1) is 16.5. The van der Waals surface area contributed by atoms with Crippen LogP contribution in [0.25, 0.3) is 17.2 Å². The minimum absolute atomic E-state index is 0.197. The summed E-state index contributed by atoms with van der Waals surface area (Å²) in [5, 5.41) is 20.2. The molecule has 1 atom stereocenters. The van der Waals surface area contributed by atoms with Crippen molar-refractivity contribution in [2.24, 2.45) is 5.92 Å². The largest absolute Gasteiger partial charge is 0.492 e. The molecule has 0 aliphatic heterocycles. The lowest BCUT2D eigenvalue weighted by Gasteiger charge is -2.27. The third-order valence-electron chi connectivity index (χ3n) is 5.81. The molecule has 0 spiro atoms. The maximum Gasteiger partial charge on any atom is 0.335 e. The van der Waals surface area contributed by atoms with Crippen LogP contribution in [0.2, 0.25) is 0 Å². The van der Waals surface area contributed by atoms with Crippen molar-refractivity contribution in [1.82, 2.24) is 0 Å². The highest BCUT2D eigenvalue weighted by molar-refractivity contribution is 5.87. The zero-order valence-corrected chi connectivity index (χ0v) is 21.5. The highest BCUT2D eigenvalue weighted by atomic mass is 16.5. The summed E-state index contributed by atoms with van der Waals surface area (Å²) >= 11 is 0. The van der Waals surface area contributed by atoms with Crippen molar-refractivity contribution in [3.05, 3.63) is 94.6 Å². The van der Waals surface area contributed by atoms with Crippen LogP contribution in [0.3, 0.4) is 0 Å². The average Bonchev–Trinajstić information content (AvgIpc) is 2.80. The Hall–Kier alpha value is -3.37. The van der Waals surface area contributed by atoms with Gasteiger partial charge in [-0.25, -0.2) is 4.79 Å². The fraction of sp³-hybridized carbons (Fsp3) is 0.323. The molecule has 0 saturated heterocycles. The Morgan fingerprint density at radius 2 is 1.63 bits per heavy atom. The smallest absolute Gasteiger partial charge is 0.335 e. The van der Waals surface area contributed by atoms with Crippen LogP contribution in [0, 0.1) is 12.8 Å². The normalized spacial score (nSPS) is 12.8. The van der Waals surface area contributed by atoms with Gasteiger partial charge in [-0.15, -0.1) is 0 Å². The Kier molecular flexibility index (Phi) is 8.18. The lowest BCUT2D eigenvalue weighted by molar-refractivity contribution is 0.0697. The molecule has 0 saturated carbocycles. The lowest BCUT2D eigenvalue weighted by Crippen LogP contribution is -2.17. The summed E-state index contributed by atoms with van der Waals surface area (Å²) < 4.78 is 6.39. The molecule has 3 aromatic rings. The van der Waals surface area contributed by atoms with Gasteiger partial charge in [0.15, 0.2) is 0 Å². The third-order valence-corrected chi connectivity index (χ3v) is 5.81. The standard InChI is InChI=1S/C31H36O4/c1-20(2)19-35-29-26(23-12-7-21(3)8-13-23)17-25(18-27(29)31(4,5)6)28(32)16-11-22-9-14-24(15-10-22)30(33)34/h7-18,20,28,32H,19H2,1-6H3,(H,33,34). The van der Waals surface area contributed by atoms with Gasteiger partial charge >= 0.3 is 5.97 Å². The van der Waals surface area contributed by atoms with Gasteiger partial charge in [-0.2, -0.15) is 0 Å². The van der Waals surface area contributed by atoms with Crippen molar-refractivity contribution < 1.29 is 19.7 Å². The van der Waals surface area contributed by atoms with Gasteiger partial charge in [0.1, 0.15) is 5.75 Å². The second-order valence-corrected chi connectivity index (χ2v) is 10.5. The molecule has 0 aliphatic carbocycles. The summed E-state index contributed by atoms with van der Waals surface area (Å²) in [6.45, 7) is 13.4. The van der Waals surface area contributed by atoms with Crippen LogP contribution in [0.5, 0.6) is 5.75 Å². The van der Waals surface area contributed by atoms with Crippen molar-refractivity contribution in [2.45, 2.75) is 53.1 Å². The van der Waals surface area contributed by atoms with Gasteiger partial charge in [-0.05, 0) is 59.2 Å². The molecule has 4 nitrogen and oxygen atoms in total. The molecule has 2 N–H and O–H groups in total. The van der Waals surface area contributed by atoms with Crippen molar-refractivity contribution >= 4 is 12.0 Å². The second-order valence-electron chi connectivity index (χ2n) is 10.5. The summed E-state index contributed by atoms with van der Waals surface area (Å²) in [4.78, 5) is 11.1. The fourth-order valence-corrected chi connectivity index (χ4v) is 3.78. The highest BCUT2D eigenvalue weighted by Crippen LogP contribution is 2.42. The molecule has 3 rings (SSSR count). The Balaban J connectivity index is 2.07. The molecule has 0 aliphatic rings. The predicted molar refractivity (Wildman–Crippen MR) is 143 cm³/mol. The second kappa shape index (κ2) is 10.9. The molecule has 0 radical (unpaired) electrons. The van der Waals surface area contributed by atoms with Crippen molar-refractivity contribution in [3.63, 3.8) is 0 Å². The first kappa shape index (κ1) is 26.2. The summed E-state index contributed by atoms with van der Waals surface area (Å²) in [6, 6.07) is 19.0. The van der Waals surface area contributed by atoms with E-state index in [1.807, 2.05) is 18.2 Å². The fourth-order valence-electron chi connectivity index (χ4n) is 3.78. The number of carbonyl (C=O) groups is 1. The van der Waals surface area contributed by atoms with Gasteiger partial charge in [0.2, 0.25) is 0 Å². The Bertz CT molecular complexity index is 1180. The lowest BCUT2D eigenvalue weighted by atomic mass is 9.82. The Morgan fingerprint density at radius 3 is 2.17 bits per heavy atom.